The Morgan fingerprint density at radius 2 is 1.94 bits per heavy atom. The molecule has 2 aromatic carbocycles. The number of ether oxygens (including phenoxy) is 2. The number of aryl methyl sites for hydroxylation is 1. The zero-order chi connectivity index (χ0) is 24.8. The number of hydrogen-bond donors (Lipinski definition) is 1. The number of nitrogens with zero attached hydrogens (tertiary/aromatic N) is 2. The zero-order valence-electron chi connectivity index (χ0n) is 19.1. The Bertz CT molecular complexity index is 1370. The molecule has 1 N–H and O–H groups in total. The first-order valence-corrected chi connectivity index (χ1v) is 12.7. The van der Waals surface area contributed by atoms with Crippen molar-refractivity contribution < 1.29 is 14.3 Å². The van der Waals surface area contributed by atoms with Crippen molar-refractivity contribution in [3.63, 3.8) is 0 Å². The van der Waals surface area contributed by atoms with Gasteiger partial charge in [-0.3, -0.25) is 4.79 Å². The summed E-state index contributed by atoms with van der Waals surface area (Å²) in [5.41, 5.74) is 3.07. The van der Waals surface area contributed by atoms with Crippen molar-refractivity contribution in [2.24, 2.45) is 0 Å². The molecule has 8 heteroatoms. The summed E-state index contributed by atoms with van der Waals surface area (Å²) < 4.78 is 12.1. The lowest BCUT2D eigenvalue weighted by Crippen LogP contribution is -2.13. The first kappa shape index (κ1) is 24.5. The van der Waals surface area contributed by atoms with Crippen molar-refractivity contribution in [2.75, 3.05) is 12.4 Å². The molecule has 0 saturated heterocycles. The minimum atomic E-state index is -0.558. The fourth-order valence-corrected chi connectivity index (χ4v) is 5.59. The number of nitriles is 2. The number of rotatable bonds is 7. The van der Waals surface area contributed by atoms with Crippen LogP contribution >= 0.6 is 27.3 Å². The fourth-order valence-electron chi connectivity index (χ4n) is 3.92. The summed E-state index contributed by atoms with van der Waals surface area (Å²) in [4.78, 5) is 14.1. The molecule has 0 radical (unpaired) electrons. The van der Waals surface area contributed by atoms with Gasteiger partial charge in [0.15, 0.2) is 11.5 Å². The summed E-state index contributed by atoms with van der Waals surface area (Å²) in [7, 11) is 1.53. The highest BCUT2D eigenvalue weighted by molar-refractivity contribution is 9.10. The maximum Gasteiger partial charge on any atom is 0.266 e. The average molecular weight is 548 g/mol. The van der Waals surface area contributed by atoms with Gasteiger partial charge in [0.05, 0.1) is 12.7 Å². The molecule has 1 aromatic heterocycles. The van der Waals surface area contributed by atoms with Crippen LogP contribution in [0.2, 0.25) is 0 Å². The van der Waals surface area contributed by atoms with Crippen LogP contribution in [0.25, 0.3) is 6.08 Å². The van der Waals surface area contributed by atoms with Crippen LogP contribution in [-0.2, 0) is 24.2 Å². The molecule has 1 amide bonds. The molecule has 35 heavy (non-hydrogen) atoms. The van der Waals surface area contributed by atoms with E-state index in [0.29, 0.717) is 38.7 Å². The number of amides is 1. The number of anilines is 1. The van der Waals surface area contributed by atoms with Gasteiger partial charge in [0.25, 0.3) is 5.91 Å². The number of fused-ring (bicyclic) bond motifs is 1. The first-order chi connectivity index (χ1) is 17.0. The van der Waals surface area contributed by atoms with Gasteiger partial charge in [-0.1, -0.05) is 46.3 Å². The highest BCUT2D eigenvalue weighted by Crippen LogP contribution is 2.38. The third-order valence-electron chi connectivity index (χ3n) is 5.70. The lowest BCUT2D eigenvalue weighted by Gasteiger charge is -2.13. The van der Waals surface area contributed by atoms with E-state index in [4.69, 9.17) is 9.47 Å². The van der Waals surface area contributed by atoms with E-state index in [2.05, 4.69) is 27.3 Å². The summed E-state index contributed by atoms with van der Waals surface area (Å²) in [6, 6.07) is 17.4. The number of hydrogen-bond acceptors (Lipinski definition) is 6. The molecule has 0 spiro atoms. The predicted octanol–water partition coefficient (Wildman–Crippen LogP) is 6.39. The van der Waals surface area contributed by atoms with Crippen LogP contribution in [0, 0.1) is 22.7 Å². The van der Waals surface area contributed by atoms with Crippen LogP contribution in [0.4, 0.5) is 5.00 Å². The molecule has 0 atom stereocenters. The Kier molecular flexibility index (Phi) is 7.87. The Labute approximate surface area is 216 Å². The maximum atomic E-state index is 12.9. The van der Waals surface area contributed by atoms with Crippen molar-refractivity contribution in [3.8, 4) is 23.6 Å². The van der Waals surface area contributed by atoms with Gasteiger partial charge in [-0.05, 0) is 60.6 Å². The number of methoxy groups -OCH3 is 1. The molecule has 3 aromatic rings. The van der Waals surface area contributed by atoms with E-state index in [-0.39, 0.29) is 5.57 Å². The van der Waals surface area contributed by atoms with Crippen LogP contribution in [0.15, 0.2) is 52.5 Å². The van der Waals surface area contributed by atoms with Gasteiger partial charge >= 0.3 is 0 Å². The molecule has 0 aliphatic heterocycles. The van der Waals surface area contributed by atoms with E-state index in [1.54, 1.807) is 12.1 Å². The molecule has 0 unspecified atom stereocenters. The Balaban J connectivity index is 1.56. The SMILES string of the molecule is COc1cc(C=C(C#N)C(=O)Nc2sc3c(c2C#N)CCCC3)c(Br)cc1OCc1ccccc1. The third-order valence-corrected chi connectivity index (χ3v) is 7.59. The Hall–Kier alpha value is -3.59. The number of carbonyl (C=O) groups is 1. The monoisotopic (exact) mass is 547 g/mol. The van der Waals surface area contributed by atoms with Crippen molar-refractivity contribution in [1.29, 1.82) is 10.5 Å². The molecule has 1 heterocycles. The van der Waals surface area contributed by atoms with Gasteiger partial charge in [0.1, 0.15) is 29.3 Å². The number of halogens is 1. The summed E-state index contributed by atoms with van der Waals surface area (Å²) in [6.45, 7) is 0.372. The summed E-state index contributed by atoms with van der Waals surface area (Å²) in [6.07, 6.45) is 5.36. The van der Waals surface area contributed by atoms with Gasteiger partial charge in [0.2, 0.25) is 0 Å². The van der Waals surface area contributed by atoms with Crippen molar-refractivity contribution >= 4 is 44.3 Å². The van der Waals surface area contributed by atoms with Crippen LogP contribution in [0.1, 0.15) is 40.0 Å². The molecule has 0 fully saturated rings. The van der Waals surface area contributed by atoms with Crippen LogP contribution in [-0.4, -0.2) is 13.0 Å². The van der Waals surface area contributed by atoms with E-state index in [1.165, 1.54) is 24.5 Å². The minimum absolute atomic E-state index is 0.0824. The van der Waals surface area contributed by atoms with Crippen molar-refractivity contribution in [3.05, 3.63) is 79.6 Å². The van der Waals surface area contributed by atoms with Crippen LogP contribution < -0.4 is 14.8 Å². The van der Waals surface area contributed by atoms with Gasteiger partial charge in [-0.15, -0.1) is 11.3 Å². The second-order valence-electron chi connectivity index (χ2n) is 7.95. The molecule has 4 rings (SSSR count). The highest BCUT2D eigenvalue weighted by atomic mass is 79.9. The Morgan fingerprint density at radius 3 is 2.66 bits per heavy atom. The van der Waals surface area contributed by atoms with Crippen LogP contribution in [0.3, 0.4) is 0 Å². The van der Waals surface area contributed by atoms with E-state index < -0.39 is 5.91 Å². The third kappa shape index (κ3) is 5.57. The number of nitrogens with one attached hydrogen (secondary N) is 1. The lowest BCUT2D eigenvalue weighted by atomic mass is 9.96. The molecule has 6 nitrogen and oxygen atoms in total. The number of benzene rings is 2. The molecule has 1 aliphatic rings. The van der Waals surface area contributed by atoms with E-state index in [9.17, 15) is 15.3 Å². The largest absolute Gasteiger partial charge is 0.493 e. The van der Waals surface area contributed by atoms with Crippen molar-refractivity contribution in [1.82, 2.24) is 0 Å². The number of carbonyl (C=O) groups excluding carboxylic acids is 1. The summed E-state index contributed by atoms with van der Waals surface area (Å²) in [5.74, 6) is 0.454. The predicted molar refractivity (Wildman–Crippen MR) is 139 cm³/mol. The van der Waals surface area contributed by atoms with Crippen LogP contribution in [0.5, 0.6) is 11.5 Å². The summed E-state index contributed by atoms with van der Waals surface area (Å²) >= 11 is 4.94. The van der Waals surface area contributed by atoms with Crippen molar-refractivity contribution in [2.45, 2.75) is 32.3 Å². The fraction of sp³-hybridized carbons (Fsp3) is 0.222. The normalized spacial score (nSPS) is 12.7. The second kappa shape index (κ2) is 11.2. The standard InChI is InChI=1S/C27H22BrN3O3S/c1-33-23-12-18(22(28)13-24(23)34-16-17-7-3-2-4-8-17)11-19(14-29)26(32)31-27-21(15-30)20-9-5-6-10-25(20)35-27/h2-4,7-8,11-13H,5-6,9-10,16H2,1H3,(H,31,32). The number of thiophene rings is 1. The summed E-state index contributed by atoms with van der Waals surface area (Å²) in [5, 5.41) is 22.6. The highest BCUT2D eigenvalue weighted by Gasteiger charge is 2.23. The molecular weight excluding hydrogens is 526 g/mol. The zero-order valence-corrected chi connectivity index (χ0v) is 21.5. The maximum absolute atomic E-state index is 12.9. The smallest absolute Gasteiger partial charge is 0.266 e. The molecule has 0 bridgehead atoms. The molecular formula is C27H22BrN3O3S. The van der Waals surface area contributed by atoms with Gasteiger partial charge in [0, 0.05) is 9.35 Å². The molecule has 0 saturated carbocycles. The molecule has 1 aliphatic carbocycles. The Morgan fingerprint density at radius 1 is 1.17 bits per heavy atom. The lowest BCUT2D eigenvalue weighted by molar-refractivity contribution is -0.112. The van der Waals surface area contributed by atoms with Gasteiger partial charge in [-0.2, -0.15) is 10.5 Å². The minimum Gasteiger partial charge on any atom is -0.493 e. The average Bonchev–Trinajstić information content (AvgIpc) is 3.24. The second-order valence-corrected chi connectivity index (χ2v) is 9.91. The van der Waals surface area contributed by atoms with E-state index in [0.717, 1.165) is 41.7 Å². The van der Waals surface area contributed by atoms with E-state index >= 15 is 0 Å². The van der Waals surface area contributed by atoms with Gasteiger partial charge < -0.3 is 14.8 Å². The quantitative estimate of drug-likeness (QED) is 0.273. The topological polar surface area (TPSA) is 95.1 Å². The van der Waals surface area contributed by atoms with E-state index in [1.807, 2.05) is 36.4 Å². The molecule has 176 valence electrons. The van der Waals surface area contributed by atoms with Gasteiger partial charge in [-0.25, -0.2) is 0 Å². The first-order valence-electron chi connectivity index (χ1n) is 11.1.